The topological polar surface area (TPSA) is 62.1 Å². The number of carbonyl (C=O) groups excluding carboxylic acids is 1. The van der Waals surface area contributed by atoms with Crippen LogP contribution in [0.15, 0.2) is 30.3 Å². The van der Waals surface area contributed by atoms with Crippen LogP contribution in [0.5, 0.6) is 5.75 Å². The smallest absolute Gasteiger partial charge is 0.266 e. The van der Waals surface area contributed by atoms with E-state index in [0.717, 1.165) is 10.4 Å². The number of hydrogen-bond donors (Lipinski definition) is 1. The molecule has 0 fully saturated rings. The summed E-state index contributed by atoms with van der Waals surface area (Å²) in [6.45, 7) is 5.72. The van der Waals surface area contributed by atoms with Crippen LogP contribution in [0.2, 0.25) is 0 Å². The quantitative estimate of drug-likeness (QED) is 0.906. The Labute approximate surface area is 134 Å². The van der Waals surface area contributed by atoms with Gasteiger partial charge in [-0.25, -0.2) is 0 Å². The molecule has 1 aromatic carbocycles. The first-order valence-electron chi connectivity index (χ1n) is 7.09. The maximum absolute atomic E-state index is 12.4. The standard InChI is InChI=1S/C17H18N2O2S/c1-4-15(21-13-8-6-5-7-9-13)16(20)19-17-14(10-18)11(2)12(3)22-17/h5-9,15H,4H2,1-3H3,(H,19,20)/t15-/m1/s1. The fraction of sp³-hybridized carbons (Fsp3) is 0.294. The lowest BCUT2D eigenvalue weighted by molar-refractivity contribution is -0.122. The molecule has 0 saturated carbocycles. The zero-order chi connectivity index (χ0) is 16.1. The van der Waals surface area contributed by atoms with Crippen molar-refractivity contribution >= 4 is 22.2 Å². The zero-order valence-corrected chi connectivity index (χ0v) is 13.7. The molecule has 22 heavy (non-hydrogen) atoms. The van der Waals surface area contributed by atoms with Gasteiger partial charge in [0.25, 0.3) is 5.91 Å². The van der Waals surface area contributed by atoms with Crippen molar-refractivity contribution in [2.24, 2.45) is 0 Å². The van der Waals surface area contributed by atoms with Crippen molar-refractivity contribution in [1.82, 2.24) is 0 Å². The van der Waals surface area contributed by atoms with Gasteiger partial charge < -0.3 is 10.1 Å². The summed E-state index contributed by atoms with van der Waals surface area (Å²) in [5, 5.41) is 12.7. The number of benzene rings is 1. The molecule has 2 aromatic rings. The highest BCUT2D eigenvalue weighted by atomic mass is 32.1. The van der Waals surface area contributed by atoms with E-state index in [4.69, 9.17) is 4.74 Å². The maximum atomic E-state index is 12.4. The molecule has 1 amide bonds. The molecule has 0 saturated heterocycles. The molecular formula is C17H18N2O2S. The second-order valence-corrected chi connectivity index (χ2v) is 6.14. The number of amides is 1. The molecule has 1 N–H and O–H groups in total. The highest BCUT2D eigenvalue weighted by Crippen LogP contribution is 2.31. The second kappa shape index (κ2) is 7.10. The van der Waals surface area contributed by atoms with E-state index in [0.29, 0.717) is 22.7 Å². The van der Waals surface area contributed by atoms with Crippen LogP contribution in [0.25, 0.3) is 0 Å². The Balaban J connectivity index is 2.13. The van der Waals surface area contributed by atoms with Gasteiger partial charge in [-0.15, -0.1) is 11.3 Å². The fourth-order valence-corrected chi connectivity index (χ4v) is 3.04. The normalized spacial score (nSPS) is 11.5. The first-order valence-corrected chi connectivity index (χ1v) is 7.91. The van der Waals surface area contributed by atoms with E-state index in [-0.39, 0.29) is 5.91 Å². The van der Waals surface area contributed by atoms with Crippen LogP contribution < -0.4 is 10.1 Å². The molecule has 0 bridgehead atoms. The van der Waals surface area contributed by atoms with Gasteiger partial charge in [-0.3, -0.25) is 4.79 Å². The van der Waals surface area contributed by atoms with Gasteiger partial charge >= 0.3 is 0 Å². The van der Waals surface area contributed by atoms with Gasteiger partial charge in [-0.1, -0.05) is 25.1 Å². The van der Waals surface area contributed by atoms with E-state index in [1.54, 1.807) is 0 Å². The molecule has 0 aliphatic carbocycles. The Morgan fingerprint density at radius 1 is 1.36 bits per heavy atom. The Morgan fingerprint density at radius 2 is 2.05 bits per heavy atom. The van der Waals surface area contributed by atoms with Crippen LogP contribution in [0, 0.1) is 25.2 Å². The van der Waals surface area contributed by atoms with Gasteiger partial charge in [-0.2, -0.15) is 5.26 Å². The maximum Gasteiger partial charge on any atom is 0.266 e. The summed E-state index contributed by atoms with van der Waals surface area (Å²) < 4.78 is 5.72. The summed E-state index contributed by atoms with van der Waals surface area (Å²) in [6.07, 6.45) is -0.0389. The molecule has 0 aliphatic heterocycles. The highest BCUT2D eigenvalue weighted by molar-refractivity contribution is 7.16. The third kappa shape index (κ3) is 3.46. The number of nitrogens with zero attached hydrogens (tertiary/aromatic N) is 1. The van der Waals surface area contributed by atoms with Crippen LogP contribution in [0.4, 0.5) is 5.00 Å². The average molecular weight is 314 g/mol. The van der Waals surface area contributed by atoms with Crippen molar-refractivity contribution in [3.8, 4) is 11.8 Å². The molecular weight excluding hydrogens is 296 g/mol. The van der Waals surface area contributed by atoms with Crippen molar-refractivity contribution in [3.63, 3.8) is 0 Å². The number of nitrogens with one attached hydrogen (secondary N) is 1. The molecule has 0 unspecified atom stereocenters. The van der Waals surface area contributed by atoms with Crippen molar-refractivity contribution in [2.75, 3.05) is 5.32 Å². The molecule has 1 heterocycles. The Hall–Kier alpha value is -2.32. The summed E-state index contributed by atoms with van der Waals surface area (Å²) >= 11 is 1.42. The SMILES string of the molecule is CC[C@@H](Oc1ccccc1)C(=O)Nc1sc(C)c(C)c1C#N. The van der Waals surface area contributed by atoms with Gasteiger partial charge in [0.15, 0.2) is 6.10 Å². The molecule has 4 nitrogen and oxygen atoms in total. The first-order chi connectivity index (χ1) is 10.6. The molecule has 1 atom stereocenters. The van der Waals surface area contributed by atoms with E-state index in [2.05, 4.69) is 11.4 Å². The van der Waals surface area contributed by atoms with Gasteiger partial charge in [0.1, 0.15) is 16.8 Å². The van der Waals surface area contributed by atoms with Crippen molar-refractivity contribution in [2.45, 2.75) is 33.3 Å². The summed E-state index contributed by atoms with van der Waals surface area (Å²) in [5.74, 6) is 0.424. The van der Waals surface area contributed by atoms with Gasteiger partial charge in [0.05, 0.1) is 5.56 Å². The highest BCUT2D eigenvalue weighted by Gasteiger charge is 2.21. The lowest BCUT2D eigenvalue weighted by Gasteiger charge is -2.16. The van der Waals surface area contributed by atoms with Crippen molar-refractivity contribution in [3.05, 3.63) is 46.3 Å². The first kappa shape index (κ1) is 16.1. The van der Waals surface area contributed by atoms with Crippen LogP contribution in [0.1, 0.15) is 29.3 Å². The minimum Gasteiger partial charge on any atom is -0.481 e. The van der Waals surface area contributed by atoms with E-state index >= 15 is 0 Å². The monoisotopic (exact) mass is 314 g/mol. The van der Waals surface area contributed by atoms with E-state index in [1.165, 1.54) is 11.3 Å². The summed E-state index contributed by atoms with van der Waals surface area (Å²) in [7, 11) is 0. The number of anilines is 1. The number of thiophene rings is 1. The third-order valence-corrected chi connectivity index (χ3v) is 4.54. The molecule has 0 spiro atoms. The minimum absolute atomic E-state index is 0.232. The van der Waals surface area contributed by atoms with E-state index in [1.807, 2.05) is 51.1 Å². The summed E-state index contributed by atoms with van der Waals surface area (Å²) in [6, 6.07) is 11.4. The molecule has 2 rings (SSSR count). The van der Waals surface area contributed by atoms with Crippen LogP contribution in [-0.2, 0) is 4.79 Å². The van der Waals surface area contributed by atoms with E-state index < -0.39 is 6.10 Å². The lowest BCUT2D eigenvalue weighted by atomic mass is 10.2. The van der Waals surface area contributed by atoms with Crippen LogP contribution >= 0.6 is 11.3 Å². The molecule has 114 valence electrons. The average Bonchev–Trinajstić information content (AvgIpc) is 2.79. The molecule has 5 heteroatoms. The molecule has 1 aromatic heterocycles. The number of hydrogen-bond acceptors (Lipinski definition) is 4. The van der Waals surface area contributed by atoms with Crippen molar-refractivity contribution < 1.29 is 9.53 Å². The number of ether oxygens (including phenoxy) is 1. The predicted molar refractivity (Wildman–Crippen MR) is 88.3 cm³/mol. The van der Waals surface area contributed by atoms with Crippen LogP contribution in [0.3, 0.4) is 0 Å². The van der Waals surface area contributed by atoms with Gasteiger partial charge in [-0.05, 0) is 38.0 Å². The number of nitriles is 1. The Bertz CT molecular complexity index is 701. The van der Waals surface area contributed by atoms with E-state index in [9.17, 15) is 10.1 Å². The number of aryl methyl sites for hydroxylation is 1. The number of carbonyl (C=O) groups is 1. The summed E-state index contributed by atoms with van der Waals surface area (Å²) in [5.41, 5.74) is 1.45. The molecule has 0 aliphatic rings. The van der Waals surface area contributed by atoms with Gasteiger partial charge in [0.2, 0.25) is 0 Å². The fourth-order valence-electron chi connectivity index (χ4n) is 2.03. The van der Waals surface area contributed by atoms with Crippen molar-refractivity contribution in [1.29, 1.82) is 5.26 Å². The summed E-state index contributed by atoms with van der Waals surface area (Å²) in [4.78, 5) is 13.4. The number of rotatable bonds is 5. The molecule has 0 radical (unpaired) electrons. The number of para-hydroxylation sites is 1. The third-order valence-electron chi connectivity index (χ3n) is 3.42. The largest absolute Gasteiger partial charge is 0.481 e. The second-order valence-electron chi connectivity index (χ2n) is 4.92. The van der Waals surface area contributed by atoms with Crippen LogP contribution in [-0.4, -0.2) is 12.0 Å². The zero-order valence-electron chi connectivity index (χ0n) is 12.8. The lowest BCUT2D eigenvalue weighted by Crippen LogP contribution is -2.32. The Morgan fingerprint density at radius 3 is 2.64 bits per heavy atom. The Kier molecular flexibility index (Phi) is 5.18. The van der Waals surface area contributed by atoms with Gasteiger partial charge in [0, 0.05) is 4.88 Å². The minimum atomic E-state index is -0.586. The predicted octanol–water partition coefficient (Wildman–Crippen LogP) is 4.03.